The van der Waals surface area contributed by atoms with Gasteiger partial charge in [0, 0.05) is 6.42 Å². The number of hydrogen-bond donors (Lipinski definition) is 0. The number of rotatable bonds is 4. The van der Waals surface area contributed by atoms with E-state index in [-0.39, 0.29) is 5.78 Å². The number of Topliss-reactive ketones (excluding diaryl/α,β-unsaturated/α-hetero) is 1. The Labute approximate surface area is 120 Å². The SMILES string of the molecule is CC(=O)CCCc1ccc2c(c1)-c1ccccc1CC2. The lowest BCUT2D eigenvalue weighted by atomic mass is 9.84. The van der Waals surface area contributed by atoms with Gasteiger partial charge in [-0.2, -0.15) is 0 Å². The van der Waals surface area contributed by atoms with E-state index in [1.165, 1.54) is 27.8 Å². The van der Waals surface area contributed by atoms with Gasteiger partial charge < -0.3 is 4.79 Å². The predicted molar refractivity (Wildman–Crippen MR) is 82.9 cm³/mol. The van der Waals surface area contributed by atoms with Crippen molar-refractivity contribution in [1.82, 2.24) is 0 Å². The summed E-state index contributed by atoms with van der Waals surface area (Å²) in [6, 6.07) is 15.5. The molecule has 0 atom stereocenters. The largest absolute Gasteiger partial charge is 0.300 e. The van der Waals surface area contributed by atoms with Crippen molar-refractivity contribution in [2.45, 2.75) is 39.0 Å². The van der Waals surface area contributed by atoms with E-state index in [0.717, 1.165) is 25.7 Å². The molecule has 2 aromatic carbocycles. The average Bonchev–Trinajstić information content (AvgIpc) is 2.47. The van der Waals surface area contributed by atoms with Gasteiger partial charge in [-0.1, -0.05) is 42.5 Å². The van der Waals surface area contributed by atoms with Crippen LogP contribution in [-0.2, 0) is 24.1 Å². The van der Waals surface area contributed by atoms with E-state index in [0.29, 0.717) is 6.42 Å². The van der Waals surface area contributed by atoms with Gasteiger partial charge in [0.25, 0.3) is 0 Å². The number of carbonyl (C=O) groups excluding carboxylic acids is 1. The van der Waals surface area contributed by atoms with E-state index < -0.39 is 0 Å². The Morgan fingerprint density at radius 1 is 1.00 bits per heavy atom. The summed E-state index contributed by atoms with van der Waals surface area (Å²) in [5, 5.41) is 0. The van der Waals surface area contributed by atoms with Crippen molar-refractivity contribution in [3.8, 4) is 11.1 Å². The zero-order chi connectivity index (χ0) is 13.9. The molecule has 0 N–H and O–H groups in total. The van der Waals surface area contributed by atoms with Gasteiger partial charge in [-0.25, -0.2) is 0 Å². The summed E-state index contributed by atoms with van der Waals surface area (Å²) >= 11 is 0. The lowest BCUT2D eigenvalue weighted by Crippen LogP contribution is -2.04. The second kappa shape index (κ2) is 5.62. The van der Waals surface area contributed by atoms with E-state index in [1.54, 1.807) is 6.92 Å². The average molecular weight is 264 g/mol. The van der Waals surface area contributed by atoms with Crippen LogP contribution in [0, 0.1) is 0 Å². The zero-order valence-electron chi connectivity index (χ0n) is 12.0. The van der Waals surface area contributed by atoms with Gasteiger partial charge in [-0.15, -0.1) is 0 Å². The van der Waals surface area contributed by atoms with Gasteiger partial charge in [0.15, 0.2) is 0 Å². The molecule has 0 radical (unpaired) electrons. The number of hydrogen-bond acceptors (Lipinski definition) is 1. The van der Waals surface area contributed by atoms with Gasteiger partial charge in [0.2, 0.25) is 0 Å². The topological polar surface area (TPSA) is 17.1 Å². The third-order valence-corrected chi connectivity index (χ3v) is 4.14. The fraction of sp³-hybridized carbons (Fsp3) is 0.316. The van der Waals surface area contributed by atoms with Crippen molar-refractivity contribution in [2.24, 2.45) is 0 Å². The van der Waals surface area contributed by atoms with Gasteiger partial charge in [0.1, 0.15) is 5.78 Å². The number of fused-ring (bicyclic) bond motifs is 3. The predicted octanol–water partition coefficient (Wildman–Crippen LogP) is 4.36. The highest BCUT2D eigenvalue weighted by molar-refractivity contribution is 5.75. The van der Waals surface area contributed by atoms with Crippen LogP contribution < -0.4 is 0 Å². The third kappa shape index (κ3) is 2.67. The summed E-state index contributed by atoms with van der Waals surface area (Å²) in [6.07, 6.45) is 4.92. The molecule has 0 aliphatic heterocycles. The van der Waals surface area contributed by atoms with Gasteiger partial charge >= 0.3 is 0 Å². The quantitative estimate of drug-likeness (QED) is 0.801. The first-order chi connectivity index (χ1) is 9.74. The van der Waals surface area contributed by atoms with Crippen LogP contribution in [-0.4, -0.2) is 5.78 Å². The van der Waals surface area contributed by atoms with Crippen LogP contribution in [0.3, 0.4) is 0 Å². The molecule has 3 rings (SSSR count). The highest BCUT2D eigenvalue weighted by Crippen LogP contribution is 2.34. The molecule has 1 aliphatic carbocycles. The normalized spacial score (nSPS) is 12.7. The minimum absolute atomic E-state index is 0.285. The van der Waals surface area contributed by atoms with E-state index >= 15 is 0 Å². The maximum absolute atomic E-state index is 11.0. The molecule has 0 amide bonds. The van der Waals surface area contributed by atoms with Crippen LogP contribution in [0.25, 0.3) is 11.1 Å². The molecule has 0 heterocycles. The summed E-state index contributed by atoms with van der Waals surface area (Å²) in [5.74, 6) is 0.285. The molecular weight excluding hydrogens is 244 g/mol. The highest BCUT2D eigenvalue weighted by atomic mass is 16.1. The molecule has 1 heteroatoms. The molecule has 0 saturated carbocycles. The molecule has 2 aromatic rings. The van der Waals surface area contributed by atoms with Crippen LogP contribution in [0.15, 0.2) is 42.5 Å². The molecule has 102 valence electrons. The van der Waals surface area contributed by atoms with Crippen LogP contribution in [0.5, 0.6) is 0 Å². The van der Waals surface area contributed by atoms with Gasteiger partial charge in [-0.05, 0) is 60.4 Å². The maximum atomic E-state index is 11.0. The Hall–Kier alpha value is -1.89. The molecule has 1 nitrogen and oxygen atoms in total. The van der Waals surface area contributed by atoms with Gasteiger partial charge in [-0.3, -0.25) is 0 Å². The number of benzene rings is 2. The molecule has 20 heavy (non-hydrogen) atoms. The first-order valence-electron chi connectivity index (χ1n) is 7.43. The van der Waals surface area contributed by atoms with E-state index in [4.69, 9.17) is 0 Å². The van der Waals surface area contributed by atoms with Crippen molar-refractivity contribution in [2.75, 3.05) is 0 Å². The summed E-state index contributed by atoms with van der Waals surface area (Å²) in [4.78, 5) is 11.0. The van der Waals surface area contributed by atoms with Crippen molar-refractivity contribution in [1.29, 1.82) is 0 Å². The third-order valence-electron chi connectivity index (χ3n) is 4.14. The summed E-state index contributed by atoms with van der Waals surface area (Å²) in [5.41, 5.74) is 7.05. The van der Waals surface area contributed by atoms with Crippen LogP contribution in [0.1, 0.15) is 36.5 Å². The lowest BCUT2D eigenvalue weighted by molar-refractivity contribution is -0.117. The fourth-order valence-electron chi connectivity index (χ4n) is 3.06. The smallest absolute Gasteiger partial charge is 0.129 e. The van der Waals surface area contributed by atoms with Crippen LogP contribution >= 0.6 is 0 Å². The fourth-order valence-corrected chi connectivity index (χ4v) is 3.06. The molecule has 0 fully saturated rings. The Kier molecular flexibility index (Phi) is 3.68. The van der Waals surface area contributed by atoms with Crippen molar-refractivity contribution in [3.05, 3.63) is 59.2 Å². The molecule has 1 aliphatic rings. The van der Waals surface area contributed by atoms with Gasteiger partial charge in [0.05, 0.1) is 0 Å². The summed E-state index contributed by atoms with van der Waals surface area (Å²) < 4.78 is 0. The highest BCUT2D eigenvalue weighted by Gasteiger charge is 2.15. The van der Waals surface area contributed by atoms with Crippen molar-refractivity contribution < 1.29 is 4.79 Å². The van der Waals surface area contributed by atoms with Crippen LogP contribution in [0.4, 0.5) is 0 Å². The van der Waals surface area contributed by atoms with Crippen molar-refractivity contribution >= 4 is 5.78 Å². The molecule has 0 bridgehead atoms. The number of carbonyl (C=O) groups is 1. The van der Waals surface area contributed by atoms with Crippen LogP contribution in [0.2, 0.25) is 0 Å². The Morgan fingerprint density at radius 2 is 1.75 bits per heavy atom. The molecular formula is C19H20O. The Balaban J connectivity index is 1.87. The minimum atomic E-state index is 0.285. The monoisotopic (exact) mass is 264 g/mol. The summed E-state index contributed by atoms with van der Waals surface area (Å²) in [6.45, 7) is 1.67. The lowest BCUT2D eigenvalue weighted by Gasteiger charge is -2.20. The zero-order valence-corrected chi connectivity index (χ0v) is 12.0. The first kappa shape index (κ1) is 13.1. The number of aryl methyl sites for hydroxylation is 3. The Bertz CT molecular complexity index is 640. The van der Waals surface area contributed by atoms with E-state index in [9.17, 15) is 4.79 Å². The molecule has 0 saturated heterocycles. The minimum Gasteiger partial charge on any atom is -0.300 e. The molecule has 0 spiro atoms. The van der Waals surface area contributed by atoms with E-state index in [2.05, 4.69) is 42.5 Å². The second-order valence-corrected chi connectivity index (χ2v) is 5.70. The number of ketones is 1. The van der Waals surface area contributed by atoms with Crippen molar-refractivity contribution in [3.63, 3.8) is 0 Å². The second-order valence-electron chi connectivity index (χ2n) is 5.70. The summed E-state index contributed by atoms with van der Waals surface area (Å²) in [7, 11) is 0. The molecule has 0 aromatic heterocycles. The Morgan fingerprint density at radius 3 is 2.55 bits per heavy atom. The standard InChI is InChI=1S/C19H20O/c1-14(20)5-4-6-15-9-10-17-12-11-16-7-2-3-8-18(16)19(17)13-15/h2-3,7-10,13H,4-6,11-12H2,1H3. The maximum Gasteiger partial charge on any atom is 0.129 e. The first-order valence-corrected chi connectivity index (χ1v) is 7.43. The van der Waals surface area contributed by atoms with E-state index in [1.807, 2.05) is 0 Å². The molecule has 0 unspecified atom stereocenters.